The summed E-state index contributed by atoms with van der Waals surface area (Å²) in [5.41, 5.74) is 3.76. The van der Waals surface area contributed by atoms with Crippen LogP contribution in [0.4, 0.5) is 0 Å². The summed E-state index contributed by atoms with van der Waals surface area (Å²) in [6.07, 6.45) is 3.23. The van der Waals surface area contributed by atoms with Crippen molar-refractivity contribution in [3.05, 3.63) is 76.9 Å². The van der Waals surface area contributed by atoms with Gasteiger partial charge in [-0.25, -0.2) is 0 Å². The van der Waals surface area contributed by atoms with E-state index in [-0.39, 0.29) is 11.8 Å². The van der Waals surface area contributed by atoms with Crippen molar-refractivity contribution in [2.75, 3.05) is 14.1 Å². The first-order chi connectivity index (χ1) is 11.5. The molecule has 2 aromatic carbocycles. The van der Waals surface area contributed by atoms with Gasteiger partial charge < -0.3 is 10.2 Å². The lowest BCUT2D eigenvalue weighted by Crippen LogP contribution is -2.21. The molecule has 1 N–H and O–H groups in total. The van der Waals surface area contributed by atoms with E-state index in [4.69, 9.17) is 0 Å². The highest BCUT2D eigenvalue weighted by Crippen LogP contribution is 2.08. The Bertz CT molecular complexity index is 746. The molecule has 0 radical (unpaired) electrons. The van der Waals surface area contributed by atoms with Crippen LogP contribution < -0.4 is 5.32 Å². The quantitative estimate of drug-likeness (QED) is 0.860. The van der Waals surface area contributed by atoms with E-state index in [0.717, 1.165) is 16.7 Å². The summed E-state index contributed by atoms with van der Waals surface area (Å²) in [5, 5.41) is 2.87. The molecule has 0 saturated heterocycles. The van der Waals surface area contributed by atoms with Crippen LogP contribution >= 0.6 is 0 Å². The average Bonchev–Trinajstić information content (AvgIpc) is 2.59. The van der Waals surface area contributed by atoms with Crippen LogP contribution in [0.1, 0.15) is 27.0 Å². The Morgan fingerprint density at radius 3 is 2.33 bits per heavy atom. The van der Waals surface area contributed by atoms with Gasteiger partial charge in [0.05, 0.1) is 0 Å². The molecule has 4 nitrogen and oxygen atoms in total. The third-order valence-electron chi connectivity index (χ3n) is 3.71. The van der Waals surface area contributed by atoms with Crippen LogP contribution in [0.3, 0.4) is 0 Å². The van der Waals surface area contributed by atoms with Crippen molar-refractivity contribution in [1.29, 1.82) is 0 Å². The molecule has 0 aliphatic heterocycles. The first kappa shape index (κ1) is 17.5. The normalized spacial score (nSPS) is 10.6. The molecule has 0 aliphatic carbocycles. The third kappa shape index (κ3) is 4.81. The van der Waals surface area contributed by atoms with Crippen LogP contribution in [-0.2, 0) is 11.3 Å². The molecule has 0 atom stereocenters. The SMILES string of the molecule is Cc1ccccc1CNC(=O)/C=C/c1ccc(C(=O)N(C)C)cc1. The average molecular weight is 322 g/mol. The molecule has 0 unspecified atom stereocenters. The van der Waals surface area contributed by atoms with E-state index >= 15 is 0 Å². The van der Waals surface area contributed by atoms with E-state index in [1.54, 1.807) is 32.3 Å². The van der Waals surface area contributed by atoms with Gasteiger partial charge in [-0.15, -0.1) is 0 Å². The van der Waals surface area contributed by atoms with Crippen molar-refractivity contribution in [1.82, 2.24) is 10.2 Å². The van der Waals surface area contributed by atoms with Crippen molar-refractivity contribution in [2.24, 2.45) is 0 Å². The Kier molecular flexibility index (Phi) is 5.90. The standard InChI is InChI=1S/C20H22N2O2/c1-15-6-4-5-7-18(15)14-21-19(23)13-10-16-8-11-17(12-9-16)20(24)22(2)3/h4-13H,14H2,1-3H3,(H,21,23)/b13-10+. The largest absolute Gasteiger partial charge is 0.348 e. The molecule has 0 bridgehead atoms. The molecule has 0 spiro atoms. The highest BCUT2D eigenvalue weighted by Gasteiger charge is 2.06. The highest BCUT2D eigenvalue weighted by molar-refractivity contribution is 5.94. The topological polar surface area (TPSA) is 49.4 Å². The van der Waals surface area contributed by atoms with Crippen LogP contribution in [0, 0.1) is 6.92 Å². The summed E-state index contributed by atoms with van der Waals surface area (Å²) in [7, 11) is 3.43. The first-order valence-electron chi connectivity index (χ1n) is 7.79. The van der Waals surface area contributed by atoms with Gasteiger partial charge in [0.1, 0.15) is 0 Å². The number of hydrogen-bond acceptors (Lipinski definition) is 2. The van der Waals surface area contributed by atoms with Gasteiger partial charge in [0.25, 0.3) is 5.91 Å². The van der Waals surface area contributed by atoms with Gasteiger partial charge in [-0.1, -0.05) is 36.4 Å². The van der Waals surface area contributed by atoms with E-state index < -0.39 is 0 Å². The number of hydrogen-bond donors (Lipinski definition) is 1. The molecule has 0 heterocycles. The Balaban J connectivity index is 1.92. The monoisotopic (exact) mass is 322 g/mol. The second kappa shape index (κ2) is 8.11. The van der Waals surface area contributed by atoms with Crippen LogP contribution in [0.25, 0.3) is 6.08 Å². The molecule has 24 heavy (non-hydrogen) atoms. The zero-order valence-electron chi connectivity index (χ0n) is 14.2. The Morgan fingerprint density at radius 2 is 1.71 bits per heavy atom. The maximum atomic E-state index is 11.9. The summed E-state index contributed by atoms with van der Waals surface area (Å²) in [6.45, 7) is 2.53. The number of benzene rings is 2. The molecule has 2 aromatic rings. The Labute approximate surface area is 142 Å². The van der Waals surface area contributed by atoms with Crippen molar-refractivity contribution in [3.8, 4) is 0 Å². The zero-order chi connectivity index (χ0) is 17.5. The highest BCUT2D eigenvalue weighted by atomic mass is 16.2. The Hall–Kier alpha value is -2.88. The lowest BCUT2D eigenvalue weighted by molar-refractivity contribution is -0.116. The summed E-state index contributed by atoms with van der Waals surface area (Å²) in [5.74, 6) is -0.187. The molecule has 0 aliphatic rings. The van der Waals surface area contributed by atoms with Crippen molar-refractivity contribution in [2.45, 2.75) is 13.5 Å². The second-order valence-electron chi connectivity index (χ2n) is 5.80. The molecule has 4 heteroatoms. The molecule has 124 valence electrons. The summed E-state index contributed by atoms with van der Waals surface area (Å²) in [6, 6.07) is 15.1. The van der Waals surface area contributed by atoms with Gasteiger partial charge in [0.2, 0.25) is 5.91 Å². The number of carbonyl (C=O) groups is 2. The number of amides is 2. The van der Waals surface area contributed by atoms with Crippen LogP contribution in [0.15, 0.2) is 54.6 Å². The lowest BCUT2D eigenvalue weighted by atomic mass is 10.1. The molecule has 0 fully saturated rings. The molecule has 2 amide bonds. The van der Waals surface area contributed by atoms with Gasteiger partial charge in [-0.2, -0.15) is 0 Å². The number of nitrogens with zero attached hydrogens (tertiary/aromatic N) is 1. The predicted molar refractivity (Wildman–Crippen MR) is 96.5 cm³/mol. The van der Waals surface area contributed by atoms with Crippen molar-refractivity contribution in [3.63, 3.8) is 0 Å². The minimum Gasteiger partial charge on any atom is -0.348 e. The second-order valence-corrected chi connectivity index (χ2v) is 5.80. The van der Waals surface area contributed by atoms with E-state index in [1.807, 2.05) is 43.3 Å². The lowest BCUT2D eigenvalue weighted by Gasteiger charge is -2.09. The minimum absolute atomic E-state index is 0.0403. The van der Waals surface area contributed by atoms with E-state index in [1.165, 1.54) is 11.0 Å². The zero-order valence-corrected chi connectivity index (χ0v) is 14.2. The summed E-state index contributed by atoms with van der Waals surface area (Å²) in [4.78, 5) is 25.3. The molecule has 0 saturated carbocycles. The fourth-order valence-electron chi connectivity index (χ4n) is 2.22. The molecule has 0 aromatic heterocycles. The van der Waals surface area contributed by atoms with E-state index in [2.05, 4.69) is 5.32 Å². The van der Waals surface area contributed by atoms with Gasteiger partial charge in [0, 0.05) is 32.3 Å². The van der Waals surface area contributed by atoms with Crippen molar-refractivity contribution >= 4 is 17.9 Å². The third-order valence-corrected chi connectivity index (χ3v) is 3.71. The number of nitrogens with one attached hydrogen (secondary N) is 1. The summed E-state index contributed by atoms with van der Waals surface area (Å²) >= 11 is 0. The van der Waals surface area contributed by atoms with Crippen molar-refractivity contribution < 1.29 is 9.59 Å². The van der Waals surface area contributed by atoms with Crippen LogP contribution in [-0.4, -0.2) is 30.8 Å². The first-order valence-corrected chi connectivity index (χ1v) is 7.79. The fraction of sp³-hybridized carbons (Fsp3) is 0.200. The smallest absolute Gasteiger partial charge is 0.253 e. The maximum Gasteiger partial charge on any atom is 0.253 e. The maximum absolute atomic E-state index is 11.9. The fourth-order valence-corrected chi connectivity index (χ4v) is 2.22. The van der Waals surface area contributed by atoms with E-state index in [0.29, 0.717) is 12.1 Å². The number of aryl methyl sites for hydroxylation is 1. The predicted octanol–water partition coefficient (Wildman–Crippen LogP) is 3.03. The molecular weight excluding hydrogens is 300 g/mol. The number of carbonyl (C=O) groups excluding carboxylic acids is 2. The van der Waals surface area contributed by atoms with Gasteiger partial charge in [-0.3, -0.25) is 9.59 Å². The minimum atomic E-state index is -0.147. The summed E-state index contributed by atoms with van der Waals surface area (Å²) < 4.78 is 0. The molecule has 2 rings (SSSR count). The van der Waals surface area contributed by atoms with Gasteiger partial charge >= 0.3 is 0 Å². The Morgan fingerprint density at radius 1 is 1.04 bits per heavy atom. The van der Waals surface area contributed by atoms with Gasteiger partial charge in [-0.05, 0) is 41.8 Å². The van der Waals surface area contributed by atoms with E-state index in [9.17, 15) is 9.59 Å². The van der Waals surface area contributed by atoms with Crippen LogP contribution in [0.5, 0.6) is 0 Å². The molecular formula is C20H22N2O2. The number of rotatable bonds is 5. The van der Waals surface area contributed by atoms with Crippen LogP contribution in [0.2, 0.25) is 0 Å². The van der Waals surface area contributed by atoms with Gasteiger partial charge in [0.15, 0.2) is 0 Å².